The number of hydrogen-bond donors (Lipinski definition) is 1. The molecule has 0 spiro atoms. The number of rotatable bonds is 4. The van der Waals surface area contributed by atoms with E-state index in [4.69, 9.17) is 10.5 Å². The maximum atomic E-state index is 5.97. The van der Waals surface area contributed by atoms with Gasteiger partial charge in [0.1, 0.15) is 12.4 Å². The molecule has 0 saturated heterocycles. The lowest BCUT2D eigenvalue weighted by atomic mass is 10.0. The summed E-state index contributed by atoms with van der Waals surface area (Å²) in [6.45, 7) is 7.44. The fourth-order valence-electron chi connectivity index (χ4n) is 2.15. The van der Waals surface area contributed by atoms with Crippen LogP contribution in [-0.2, 0) is 13.2 Å². The van der Waals surface area contributed by atoms with Crippen LogP contribution in [0.2, 0.25) is 0 Å². The molecule has 0 radical (unpaired) electrons. The van der Waals surface area contributed by atoms with Gasteiger partial charge in [-0.3, -0.25) is 0 Å². The zero-order valence-electron chi connectivity index (χ0n) is 11.9. The largest absolute Gasteiger partial charge is 0.489 e. The van der Waals surface area contributed by atoms with Crippen molar-refractivity contribution in [2.75, 3.05) is 0 Å². The zero-order chi connectivity index (χ0) is 13.8. The Morgan fingerprint density at radius 1 is 0.947 bits per heavy atom. The highest BCUT2D eigenvalue weighted by Gasteiger charge is 2.05. The molecule has 19 heavy (non-hydrogen) atoms. The molecule has 2 nitrogen and oxygen atoms in total. The maximum Gasteiger partial charge on any atom is 0.123 e. The van der Waals surface area contributed by atoms with E-state index in [1.807, 2.05) is 12.1 Å². The third-order valence-electron chi connectivity index (χ3n) is 3.50. The quantitative estimate of drug-likeness (QED) is 0.905. The molecule has 2 N–H and O–H groups in total. The van der Waals surface area contributed by atoms with Crippen molar-refractivity contribution in [2.24, 2.45) is 5.73 Å². The van der Waals surface area contributed by atoms with Crippen LogP contribution in [0.1, 0.15) is 27.8 Å². The van der Waals surface area contributed by atoms with Crippen molar-refractivity contribution < 1.29 is 4.74 Å². The van der Waals surface area contributed by atoms with E-state index in [0.717, 1.165) is 16.9 Å². The van der Waals surface area contributed by atoms with Crippen molar-refractivity contribution in [3.63, 3.8) is 0 Å². The minimum Gasteiger partial charge on any atom is -0.489 e. The minimum atomic E-state index is 0.542. The molecule has 0 atom stereocenters. The second-order valence-electron chi connectivity index (χ2n) is 4.96. The van der Waals surface area contributed by atoms with Gasteiger partial charge in [-0.1, -0.05) is 30.3 Å². The van der Waals surface area contributed by atoms with Crippen LogP contribution in [0.3, 0.4) is 0 Å². The van der Waals surface area contributed by atoms with Crippen LogP contribution in [-0.4, -0.2) is 0 Å². The van der Waals surface area contributed by atoms with Crippen molar-refractivity contribution in [1.29, 1.82) is 0 Å². The van der Waals surface area contributed by atoms with Gasteiger partial charge < -0.3 is 10.5 Å². The van der Waals surface area contributed by atoms with Crippen LogP contribution < -0.4 is 10.5 Å². The Morgan fingerprint density at radius 2 is 1.63 bits per heavy atom. The zero-order valence-corrected chi connectivity index (χ0v) is 11.9. The molecule has 2 rings (SSSR count). The fourth-order valence-corrected chi connectivity index (χ4v) is 2.15. The molecule has 2 heteroatoms. The van der Waals surface area contributed by atoms with Gasteiger partial charge in [-0.2, -0.15) is 0 Å². The molecule has 2 aromatic carbocycles. The van der Waals surface area contributed by atoms with Gasteiger partial charge in [0.05, 0.1) is 0 Å². The molecule has 100 valence electrons. The number of aryl methyl sites for hydroxylation is 3. The van der Waals surface area contributed by atoms with Crippen LogP contribution in [0.15, 0.2) is 36.4 Å². The van der Waals surface area contributed by atoms with Gasteiger partial charge in [-0.05, 0) is 54.7 Å². The van der Waals surface area contributed by atoms with Gasteiger partial charge in [-0.25, -0.2) is 0 Å². The molecule has 0 heterocycles. The molecule has 0 aliphatic carbocycles. The molecule has 0 aromatic heterocycles. The third-order valence-corrected chi connectivity index (χ3v) is 3.50. The van der Waals surface area contributed by atoms with Crippen molar-refractivity contribution in [2.45, 2.75) is 33.9 Å². The van der Waals surface area contributed by atoms with E-state index in [0.29, 0.717) is 13.2 Å². The highest BCUT2D eigenvalue weighted by atomic mass is 16.5. The summed E-state index contributed by atoms with van der Waals surface area (Å²) in [5.41, 5.74) is 11.7. The molecule has 0 bridgehead atoms. The summed E-state index contributed by atoms with van der Waals surface area (Å²) in [6, 6.07) is 12.4. The van der Waals surface area contributed by atoms with Crippen LogP contribution in [0.4, 0.5) is 0 Å². The Labute approximate surface area is 115 Å². The number of nitrogens with two attached hydrogens (primary N) is 1. The molecule has 0 aliphatic heterocycles. The first-order valence-electron chi connectivity index (χ1n) is 6.59. The van der Waals surface area contributed by atoms with E-state index in [2.05, 4.69) is 45.0 Å². The molecule has 2 aromatic rings. The summed E-state index contributed by atoms with van der Waals surface area (Å²) in [5.74, 6) is 0.922. The van der Waals surface area contributed by atoms with Gasteiger partial charge in [0, 0.05) is 6.54 Å². The van der Waals surface area contributed by atoms with Crippen molar-refractivity contribution >= 4 is 0 Å². The van der Waals surface area contributed by atoms with E-state index in [1.165, 1.54) is 16.7 Å². The summed E-state index contributed by atoms with van der Waals surface area (Å²) < 4.78 is 5.97. The van der Waals surface area contributed by atoms with E-state index < -0.39 is 0 Å². The van der Waals surface area contributed by atoms with Crippen molar-refractivity contribution in [3.8, 4) is 5.75 Å². The summed E-state index contributed by atoms with van der Waals surface area (Å²) in [7, 11) is 0. The topological polar surface area (TPSA) is 35.2 Å². The average Bonchev–Trinajstić information content (AvgIpc) is 2.40. The van der Waals surface area contributed by atoms with Gasteiger partial charge in [0.25, 0.3) is 0 Å². The molecular weight excluding hydrogens is 234 g/mol. The first-order valence-corrected chi connectivity index (χ1v) is 6.59. The Balaban J connectivity index is 2.19. The van der Waals surface area contributed by atoms with Gasteiger partial charge in [0.2, 0.25) is 0 Å². The lowest BCUT2D eigenvalue weighted by molar-refractivity contribution is 0.302. The first kappa shape index (κ1) is 13.6. The second kappa shape index (κ2) is 5.89. The Bertz CT molecular complexity index is 555. The van der Waals surface area contributed by atoms with Crippen LogP contribution in [0.5, 0.6) is 5.75 Å². The van der Waals surface area contributed by atoms with Gasteiger partial charge in [0.15, 0.2) is 0 Å². The monoisotopic (exact) mass is 255 g/mol. The van der Waals surface area contributed by atoms with Crippen molar-refractivity contribution in [3.05, 3.63) is 64.2 Å². The highest BCUT2D eigenvalue weighted by Crippen LogP contribution is 2.22. The standard InChI is InChI=1S/C17H21NO/c1-12-5-4-6-13(2)16(12)11-19-17-9-15(10-18)8-7-14(17)3/h4-9H,10-11,18H2,1-3H3. The SMILES string of the molecule is Cc1ccc(CN)cc1OCc1c(C)cccc1C. The molecule has 0 amide bonds. The van der Waals surface area contributed by atoms with E-state index in [9.17, 15) is 0 Å². The fraction of sp³-hybridized carbons (Fsp3) is 0.294. The van der Waals surface area contributed by atoms with Crippen LogP contribution in [0, 0.1) is 20.8 Å². The first-order chi connectivity index (χ1) is 9.11. The Morgan fingerprint density at radius 3 is 2.26 bits per heavy atom. The molecule has 0 unspecified atom stereocenters. The highest BCUT2D eigenvalue weighted by molar-refractivity contribution is 5.38. The molecule has 0 fully saturated rings. The van der Waals surface area contributed by atoms with Gasteiger partial charge in [-0.15, -0.1) is 0 Å². The van der Waals surface area contributed by atoms with E-state index in [-0.39, 0.29) is 0 Å². The lowest BCUT2D eigenvalue weighted by Gasteiger charge is -2.14. The second-order valence-corrected chi connectivity index (χ2v) is 4.96. The minimum absolute atomic E-state index is 0.542. The Kier molecular flexibility index (Phi) is 4.23. The summed E-state index contributed by atoms with van der Waals surface area (Å²) in [4.78, 5) is 0. The maximum absolute atomic E-state index is 5.97. The summed E-state index contributed by atoms with van der Waals surface area (Å²) >= 11 is 0. The normalized spacial score (nSPS) is 10.5. The molecule has 0 saturated carbocycles. The van der Waals surface area contributed by atoms with Crippen molar-refractivity contribution in [1.82, 2.24) is 0 Å². The predicted molar refractivity (Wildman–Crippen MR) is 79.3 cm³/mol. The number of benzene rings is 2. The Hall–Kier alpha value is -1.80. The smallest absolute Gasteiger partial charge is 0.123 e. The molecular formula is C17H21NO. The lowest BCUT2D eigenvalue weighted by Crippen LogP contribution is -2.03. The average molecular weight is 255 g/mol. The molecule has 0 aliphatic rings. The van der Waals surface area contributed by atoms with E-state index >= 15 is 0 Å². The number of hydrogen-bond acceptors (Lipinski definition) is 2. The third kappa shape index (κ3) is 3.15. The van der Waals surface area contributed by atoms with Crippen LogP contribution >= 0.6 is 0 Å². The van der Waals surface area contributed by atoms with Crippen LogP contribution in [0.25, 0.3) is 0 Å². The predicted octanol–water partition coefficient (Wildman–Crippen LogP) is 3.65. The number of ether oxygens (including phenoxy) is 1. The van der Waals surface area contributed by atoms with E-state index in [1.54, 1.807) is 0 Å². The van der Waals surface area contributed by atoms with Gasteiger partial charge >= 0.3 is 0 Å². The summed E-state index contributed by atoms with van der Waals surface area (Å²) in [5, 5.41) is 0. The summed E-state index contributed by atoms with van der Waals surface area (Å²) in [6.07, 6.45) is 0.